The molecular formula is C14H21N3O. The van der Waals surface area contributed by atoms with Gasteiger partial charge in [-0.2, -0.15) is 5.10 Å². The van der Waals surface area contributed by atoms with E-state index in [0.717, 1.165) is 12.2 Å². The third-order valence-corrected chi connectivity index (χ3v) is 3.07. The zero-order chi connectivity index (χ0) is 13.2. The number of methoxy groups -OCH3 is 1. The summed E-state index contributed by atoms with van der Waals surface area (Å²) in [7, 11) is 3.70. The normalized spacial score (nSPS) is 12.2. The highest BCUT2D eigenvalue weighted by atomic mass is 16.5. The topological polar surface area (TPSA) is 39.1 Å². The first-order valence-electron chi connectivity index (χ1n) is 6.18. The Balaban J connectivity index is 2.17. The van der Waals surface area contributed by atoms with Crippen molar-refractivity contribution in [3.63, 3.8) is 0 Å². The number of nitrogens with one attached hydrogen (secondary N) is 1. The number of hydrogen-bond acceptors (Lipinski definition) is 3. The Hall–Kier alpha value is -1.39. The summed E-state index contributed by atoms with van der Waals surface area (Å²) >= 11 is 0. The highest BCUT2D eigenvalue weighted by Crippen LogP contribution is 2.17. The Labute approximate surface area is 108 Å². The van der Waals surface area contributed by atoms with E-state index in [1.165, 1.54) is 10.9 Å². The van der Waals surface area contributed by atoms with E-state index in [1.54, 1.807) is 7.11 Å². The standard InChI is InChI=1S/C14H21N3O/c1-14(2,10-18-4)15-9-12-11-7-5-6-8-13(11)17(3)16-12/h5-8,15H,9-10H2,1-4H3. The van der Waals surface area contributed by atoms with E-state index in [1.807, 2.05) is 23.9 Å². The van der Waals surface area contributed by atoms with Crippen LogP contribution in [-0.4, -0.2) is 29.0 Å². The lowest BCUT2D eigenvalue weighted by atomic mass is 10.1. The van der Waals surface area contributed by atoms with E-state index in [-0.39, 0.29) is 5.54 Å². The van der Waals surface area contributed by atoms with E-state index in [9.17, 15) is 0 Å². The van der Waals surface area contributed by atoms with Gasteiger partial charge in [-0.15, -0.1) is 0 Å². The second kappa shape index (κ2) is 5.08. The molecule has 98 valence electrons. The van der Waals surface area contributed by atoms with Gasteiger partial charge in [-0.3, -0.25) is 4.68 Å². The molecule has 0 atom stereocenters. The second-order valence-electron chi connectivity index (χ2n) is 5.26. The number of fused-ring (bicyclic) bond motifs is 1. The Morgan fingerprint density at radius 2 is 2.06 bits per heavy atom. The summed E-state index contributed by atoms with van der Waals surface area (Å²) in [6.07, 6.45) is 0. The van der Waals surface area contributed by atoms with Gasteiger partial charge in [-0.1, -0.05) is 18.2 Å². The van der Waals surface area contributed by atoms with Crippen LogP contribution in [0.2, 0.25) is 0 Å². The molecule has 0 saturated heterocycles. The van der Waals surface area contributed by atoms with Gasteiger partial charge in [0.25, 0.3) is 0 Å². The van der Waals surface area contributed by atoms with Crippen molar-refractivity contribution in [1.29, 1.82) is 0 Å². The van der Waals surface area contributed by atoms with Crippen molar-refractivity contribution in [3.8, 4) is 0 Å². The molecule has 1 aromatic carbocycles. The molecule has 0 radical (unpaired) electrons. The van der Waals surface area contributed by atoms with Crippen LogP contribution in [0, 0.1) is 0 Å². The van der Waals surface area contributed by atoms with Crippen LogP contribution in [0.3, 0.4) is 0 Å². The molecular weight excluding hydrogens is 226 g/mol. The maximum atomic E-state index is 5.20. The molecule has 1 aromatic heterocycles. The fourth-order valence-electron chi connectivity index (χ4n) is 2.15. The Morgan fingerprint density at radius 1 is 1.33 bits per heavy atom. The molecule has 1 heterocycles. The van der Waals surface area contributed by atoms with Gasteiger partial charge in [0.05, 0.1) is 17.8 Å². The molecule has 4 nitrogen and oxygen atoms in total. The maximum absolute atomic E-state index is 5.20. The molecule has 1 N–H and O–H groups in total. The van der Waals surface area contributed by atoms with Crippen LogP contribution in [0.1, 0.15) is 19.5 Å². The summed E-state index contributed by atoms with van der Waals surface area (Å²) in [5.74, 6) is 0. The summed E-state index contributed by atoms with van der Waals surface area (Å²) < 4.78 is 7.13. The van der Waals surface area contributed by atoms with Crippen molar-refractivity contribution in [1.82, 2.24) is 15.1 Å². The second-order valence-corrected chi connectivity index (χ2v) is 5.26. The minimum absolute atomic E-state index is 0.0482. The molecule has 2 rings (SSSR count). The highest BCUT2D eigenvalue weighted by molar-refractivity contribution is 5.81. The molecule has 4 heteroatoms. The quantitative estimate of drug-likeness (QED) is 0.879. The van der Waals surface area contributed by atoms with Crippen molar-refractivity contribution in [3.05, 3.63) is 30.0 Å². The molecule has 0 bridgehead atoms. The number of benzene rings is 1. The molecule has 0 saturated carbocycles. The van der Waals surface area contributed by atoms with Gasteiger partial charge in [0.1, 0.15) is 0 Å². The molecule has 0 fully saturated rings. The monoisotopic (exact) mass is 247 g/mol. The minimum Gasteiger partial charge on any atom is -0.383 e. The van der Waals surface area contributed by atoms with E-state index in [4.69, 9.17) is 4.74 Å². The lowest BCUT2D eigenvalue weighted by Crippen LogP contribution is -2.42. The van der Waals surface area contributed by atoms with Crippen LogP contribution in [0.4, 0.5) is 0 Å². The van der Waals surface area contributed by atoms with Crippen LogP contribution in [-0.2, 0) is 18.3 Å². The molecule has 18 heavy (non-hydrogen) atoms. The lowest BCUT2D eigenvalue weighted by molar-refractivity contribution is 0.127. The SMILES string of the molecule is COCC(C)(C)NCc1nn(C)c2ccccc12. The Kier molecular flexibility index (Phi) is 3.68. The highest BCUT2D eigenvalue weighted by Gasteiger charge is 2.18. The summed E-state index contributed by atoms with van der Waals surface area (Å²) in [5.41, 5.74) is 2.20. The number of nitrogens with zero attached hydrogens (tertiary/aromatic N) is 2. The van der Waals surface area contributed by atoms with E-state index >= 15 is 0 Å². The molecule has 0 spiro atoms. The third-order valence-electron chi connectivity index (χ3n) is 3.07. The van der Waals surface area contributed by atoms with Gasteiger partial charge in [-0.25, -0.2) is 0 Å². The fraction of sp³-hybridized carbons (Fsp3) is 0.500. The third kappa shape index (κ3) is 2.71. The first-order valence-corrected chi connectivity index (χ1v) is 6.18. The lowest BCUT2D eigenvalue weighted by Gasteiger charge is -2.24. The van der Waals surface area contributed by atoms with Crippen molar-refractivity contribution < 1.29 is 4.74 Å². The van der Waals surface area contributed by atoms with Crippen LogP contribution in [0.15, 0.2) is 24.3 Å². The zero-order valence-electron chi connectivity index (χ0n) is 11.5. The summed E-state index contributed by atoms with van der Waals surface area (Å²) in [6, 6.07) is 8.29. The van der Waals surface area contributed by atoms with Crippen LogP contribution in [0.25, 0.3) is 10.9 Å². The number of para-hydroxylation sites is 1. The first kappa shape index (κ1) is 13.1. The molecule has 0 aliphatic carbocycles. The van der Waals surface area contributed by atoms with Gasteiger partial charge >= 0.3 is 0 Å². The smallest absolute Gasteiger partial charge is 0.0841 e. The van der Waals surface area contributed by atoms with Crippen molar-refractivity contribution >= 4 is 10.9 Å². The predicted molar refractivity (Wildman–Crippen MR) is 73.5 cm³/mol. The molecule has 2 aromatic rings. The number of hydrogen-bond donors (Lipinski definition) is 1. The van der Waals surface area contributed by atoms with E-state index in [2.05, 4.69) is 36.4 Å². The van der Waals surface area contributed by atoms with Crippen molar-refractivity contribution in [2.75, 3.05) is 13.7 Å². The van der Waals surface area contributed by atoms with Gasteiger partial charge in [0.15, 0.2) is 0 Å². The predicted octanol–water partition coefficient (Wildman–Crippen LogP) is 2.09. The van der Waals surface area contributed by atoms with Crippen LogP contribution < -0.4 is 5.32 Å². The van der Waals surface area contributed by atoms with Gasteiger partial charge < -0.3 is 10.1 Å². The van der Waals surface area contributed by atoms with Gasteiger partial charge in [-0.05, 0) is 19.9 Å². The van der Waals surface area contributed by atoms with Gasteiger partial charge in [0, 0.05) is 31.6 Å². The van der Waals surface area contributed by atoms with E-state index in [0.29, 0.717) is 6.61 Å². The molecule has 0 aliphatic heterocycles. The summed E-state index contributed by atoms with van der Waals surface area (Å²) in [6.45, 7) is 5.68. The molecule has 0 amide bonds. The maximum Gasteiger partial charge on any atom is 0.0841 e. The Bertz CT molecular complexity index is 531. The first-order chi connectivity index (χ1) is 8.53. The number of aryl methyl sites for hydroxylation is 1. The minimum atomic E-state index is -0.0482. The average Bonchev–Trinajstić information content (AvgIpc) is 2.65. The summed E-state index contributed by atoms with van der Waals surface area (Å²) in [4.78, 5) is 0. The van der Waals surface area contributed by atoms with Crippen LogP contribution >= 0.6 is 0 Å². The Morgan fingerprint density at radius 3 is 2.78 bits per heavy atom. The van der Waals surface area contributed by atoms with Crippen LogP contribution in [0.5, 0.6) is 0 Å². The number of ether oxygens (including phenoxy) is 1. The van der Waals surface area contributed by atoms with Gasteiger partial charge in [0.2, 0.25) is 0 Å². The fourth-order valence-corrected chi connectivity index (χ4v) is 2.15. The molecule has 0 aliphatic rings. The number of rotatable bonds is 5. The zero-order valence-corrected chi connectivity index (χ0v) is 11.5. The number of aromatic nitrogens is 2. The van der Waals surface area contributed by atoms with Crippen molar-refractivity contribution in [2.45, 2.75) is 25.9 Å². The molecule has 0 unspecified atom stereocenters. The van der Waals surface area contributed by atoms with Crippen molar-refractivity contribution in [2.24, 2.45) is 7.05 Å². The largest absolute Gasteiger partial charge is 0.383 e. The summed E-state index contributed by atoms with van der Waals surface area (Å²) in [5, 5.41) is 9.26. The average molecular weight is 247 g/mol. The van der Waals surface area contributed by atoms with E-state index < -0.39 is 0 Å².